The maximum absolute atomic E-state index is 13.6. The molecule has 1 aliphatic rings. The minimum Gasteiger partial charge on any atom is -0.374 e. The van der Waals surface area contributed by atoms with E-state index in [9.17, 15) is 13.6 Å². The molecule has 0 radical (unpaired) electrons. The van der Waals surface area contributed by atoms with Crippen LogP contribution < -0.4 is 5.32 Å². The zero-order chi connectivity index (χ0) is 15.5. The van der Waals surface area contributed by atoms with Crippen molar-refractivity contribution in [2.75, 3.05) is 18.4 Å². The Hall–Kier alpha value is -1.95. The number of nitrogens with zero attached hydrogens (tertiary/aromatic N) is 1. The molecule has 1 aromatic heterocycles. The SMILES string of the molecule is O=C(CNc1cccc(F)c1F)N1CCCC1c1cccs1. The number of carbonyl (C=O) groups excluding carboxylic acids is 1. The van der Waals surface area contributed by atoms with Gasteiger partial charge in [-0.2, -0.15) is 0 Å². The van der Waals surface area contributed by atoms with Gasteiger partial charge in [-0.15, -0.1) is 11.3 Å². The third-order valence-electron chi connectivity index (χ3n) is 3.83. The number of benzene rings is 1. The van der Waals surface area contributed by atoms with Crippen LogP contribution in [0.2, 0.25) is 0 Å². The van der Waals surface area contributed by atoms with Crippen molar-refractivity contribution in [3.8, 4) is 0 Å². The third kappa shape index (κ3) is 2.97. The predicted molar refractivity (Wildman–Crippen MR) is 82.9 cm³/mol. The minimum atomic E-state index is -0.952. The average molecular weight is 322 g/mol. The third-order valence-corrected chi connectivity index (χ3v) is 4.80. The highest BCUT2D eigenvalue weighted by Gasteiger charge is 2.30. The molecule has 6 heteroatoms. The zero-order valence-corrected chi connectivity index (χ0v) is 12.7. The van der Waals surface area contributed by atoms with E-state index in [1.54, 1.807) is 11.3 Å². The van der Waals surface area contributed by atoms with Crippen LogP contribution in [-0.4, -0.2) is 23.9 Å². The number of hydrogen-bond donors (Lipinski definition) is 1. The van der Waals surface area contributed by atoms with Crippen LogP contribution in [0.5, 0.6) is 0 Å². The molecule has 1 saturated heterocycles. The quantitative estimate of drug-likeness (QED) is 0.928. The maximum Gasteiger partial charge on any atom is 0.242 e. The highest BCUT2D eigenvalue weighted by Crippen LogP contribution is 2.34. The smallest absolute Gasteiger partial charge is 0.242 e. The van der Waals surface area contributed by atoms with Gasteiger partial charge in [0.15, 0.2) is 11.6 Å². The molecule has 2 heterocycles. The number of hydrogen-bond acceptors (Lipinski definition) is 3. The van der Waals surface area contributed by atoms with Crippen molar-refractivity contribution >= 4 is 22.9 Å². The first-order valence-electron chi connectivity index (χ1n) is 7.17. The molecule has 1 unspecified atom stereocenters. The number of likely N-dealkylation sites (tertiary alicyclic amines) is 1. The first-order valence-corrected chi connectivity index (χ1v) is 8.05. The molecule has 116 valence electrons. The second-order valence-corrected chi connectivity index (χ2v) is 6.19. The van der Waals surface area contributed by atoms with Crippen molar-refractivity contribution in [2.24, 2.45) is 0 Å². The van der Waals surface area contributed by atoms with Gasteiger partial charge in [0.1, 0.15) is 0 Å². The van der Waals surface area contributed by atoms with Gasteiger partial charge in [0.25, 0.3) is 0 Å². The number of anilines is 1. The van der Waals surface area contributed by atoms with Gasteiger partial charge < -0.3 is 10.2 Å². The summed E-state index contributed by atoms with van der Waals surface area (Å²) in [4.78, 5) is 15.4. The molecule has 3 nitrogen and oxygen atoms in total. The average Bonchev–Trinajstić information content (AvgIpc) is 3.18. The van der Waals surface area contributed by atoms with Crippen LogP contribution in [0.4, 0.5) is 14.5 Å². The van der Waals surface area contributed by atoms with Crippen LogP contribution in [-0.2, 0) is 4.79 Å². The first-order chi connectivity index (χ1) is 10.7. The lowest BCUT2D eigenvalue weighted by atomic mass is 10.2. The number of rotatable bonds is 4. The summed E-state index contributed by atoms with van der Waals surface area (Å²) in [6.45, 7) is 0.664. The topological polar surface area (TPSA) is 32.3 Å². The van der Waals surface area contributed by atoms with E-state index in [0.717, 1.165) is 18.9 Å². The molecular formula is C16H16F2N2OS. The lowest BCUT2D eigenvalue weighted by molar-refractivity contribution is -0.130. The summed E-state index contributed by atoms with van der Waals surface area (Å²) >= 11 is 1.64. The number of thiophene rings is 1. The normalized spacial score (nSPS) is 17.7. The van der Waals surface area contributed by atoms with Crippen LogP contribution in [0.3, 0.4) is 0 Å². The van der Waals surface area contributed by atoms with E-state index in [1.165, 1.54) is 17.0 Å². The maximum atomic E-state index is 13.6. The summed E-state index contributed by atoms with van der Waals surface area (Å²) in [5, 5.41) is 4.69. The summed E-state index contributed by atoms with van der Waals surface area (Å²) in [6, 6.07) is 7.99. The Kier molecular flexibility index (Phi) is 4.38. The van der Waals surface area contributed by atoms with Crippen LogP contribution in [0.15, 0.2) is 35.7 Å². The molecule has 1 aliphatic heterocycles. The zero-order valence-electron chi connectivity index (χ0n) is 11.9. The molecule has 1 amide bonds. The molecule has 22 heavy (non-hydrogen) atoms. The van der Waals surface area contributed by atoms with E-state index in [-0.39, 0.29) is 24.2 Å². The minimum absolute atomic E-state index is 0.0141. The Bertz CT molecular complexity index is 660. The van der Waals surface area contributed by atoms with Gasteiger partial charge in [-0.1, -0.05) is 12.1 Å². The molecule has 0 bridgehead atoms. The molecule has 1 N–H and O–H groups in total. The first kappa shape index (κ1) is 15.0. The van der Waals surface area contributed by atoms with Crippen molar-refractivity contribution in [1.82, 2.24) is 4.90 Å². The molecule has 0 spiro atoms. The molecule has 0 aliphatic carbocycles. The Morgan fingerprint density at radius 3 is 2.95 bits per heavy atom. The van der Waals surface area contributed by atoms with Crippen molar-refractivity contribution in [3.63, 3.8) is 0 Å². The summed E-state index contributed by atoms with van der Waals surface area (Å²) in [5.41, 5.74) is 0.0141. The highest BCUT2D eigenvalue weighted by atomic mass is 32.1. The molecular weight excluding hydrogens is 306 g/mol. The van der Waals surface area contributed by atoms with Gasteiger partial charge >= 0.3 is 0 Å². The fourth-order valence-electron chi connectivity index (χ4n) is 2.75. The van der Waals surface area contributed by atoms with E-state index in [1.807, 2.05) is 22.4 Å². The van der Waals surface area contributed by atoms with E-state index >= 15 is 0 Å². The Morgan fingerprint density at radius 2 is 2.18 bits per heavy atom. The van der Waals surface area contributed by atoms with Crippen LogP contribution in [0, 0.1) is 11.6 Å². The molecule has 1 aromatic carbocycles. The lowest BCUT2D eigenvalue weighted by Crippen LogP contribution is -2.35. The Balaban J connectivity index is 1.65. The summed E-state index contributed by atoms with van der Waals surface area (Å²) in [7, 11) is 0. The molecule has 3 rings (SSSR count). The van der Waals surface area contributed by atoms with E-state index in [2.05, 4.69) is 5.32 Å². The molecule has 1 atom stereocenters. The molecule has 2 aromatic rings. The van der Waals surface area contributed by atoms with Crippen molar-refractivity contribution in [2.45, 2.75) is 18.9 Å². The summed E-state index contributed by atoms with van der Waals surface area (Å²) < 4.78 is 26.7. The van der Waals surface area contributed by atoms with E-state index < -0.39 is 11.6 Å². The molecule has 1 fully saturated rings. The number of amides is 1. The lowest BCUT2D eigenvalue weighted by Gasteiger charge is -2.24. The van der Waals surface area contributed by atoms with E-state index in [4.69, 9.17) is 0 Å². The van der Waals surface area contributed by atoms with Crippen molar-refractivity contribution < 1.29 is 13.6 Å². The number of nitrogens with one attached hydrogen (secondary N) is 1. The summed E-state index contributed by atoms with van der Waals surface area (Å²) in [5.74, 6) is -1.97. The van der Waals surface area contributed by atoms with Gasteiger partial charge in [-0.25, -0.2) is 8.78 Å². The van der Waals surface area contributed by atoms with Crippen molar-refractivity contribution in [3.05, 3.63) is 52.2 Å². The van der Waals surface area contributed by atoms with Gasteiger partial charge in [-0.3, -0.25) is 4.79 Å². The Labute approximate surface area is 131 Å². The predicted octanol–water partition coefficient (Wildman–Crippen LogP) is 3.80. The fourth-order valence-corrected chi connectivity index (χ4v) is 3.63. The van der Waals surface area contributed by atoms with Crippen LogP contribution >= 0.6 is 11.3 Å². The second-order valence-electron chi connectivity index (χ2n) is 5.22. The van der Waals surface area contributed by atoms with Gasteiger partial charge in [-0.05, 0) is 36.4 Å². The Morgan fingerprint density at radius 1 is 1.32 bits per heavy atom. The van der Waals surface area contributed by atoms with Gasteiger partial charge in [0.05, 0.1) is 18.3 Å². The number of carbonyl (C=O) groups is 1. The number of halogens is 2. The van der Waals surface area contributed by atoms with Gasteiger partial charge in [0, 0.05) is 11.4 Å². The standard InChI is InChI=1S/C16H16F2N2OS/c17-11-4-1-5-12(16(11)18)19-10-15(21)20-8-2-6-13(20)14-7-3-9-22-14/h1,3-5,7,9,13,19H,2,6,8,10H2. The largest absolute Gasteiger partial charge is 0.374 e. The van der Waals surface area contributed by atoms with E-state index in [0.29, 0.717) is 6.54 Å². The second kappa shape index (κ2) is 6.44. The van der Waals surface area contributed by atoms with Gasteiger partial charge in [0.2, 0.25) is 5.91 Å². The monoisotopic (exact) mass is 322 g/mol. The highest BCUT2D eigenvalue weighted by molar-refractivity contribution is 7.10. The van der Waals surface area contributed by atoms with Crippen LogP contribution in [0.1, 0.15) is 23.8 Å². The van der Waals surface area contributed by atoms with Crippen molar-refractivity contribution in [1.29, 1.82) is 0 Å². The van der Waals surface area contributed by atoms with Crippen LogP contribution in [0.25, 0.3) is 0 Å². The fraction of sp³-hybridized carbons (Fsp3) is 0.312. The molecule has 0 saturated carbocycles. The summed E-state index contributed by atoms with van der Waals surface area (Å²) in [6.07, 6.45) is 1.91.